The molecule has 1 N–H and O–H groups in total. The highest BCUT2D eigenvalue weighted by atomic mass is 127. The number of thioether (sulfide) groups is 1. The van der Waals surface area contributed by atoms with Crippen LogP contribution in [0.1, 0.15) is 41.5 Å². The fourth-order valence-corrected chi connectivity index (χ4v) is 4.55. The topological polar surface area (TPSA) is 81.9 Å². The van der Waals surface area contributed by atoms with Crippen molar-refractivity contribution in [3.05, 3.63) is 36.3 Å². The Bertz CT molecular complexity index is 1140. The van der Waals surface area contributed by atoms with Gasteiger partial charge in [0.1, 0.15) is 11.4 Å². The van der Waals surface area contributed by atoms with Crippen LogP contribution in [0, 0.1) is 17.6 Å². The first-order valence-corrected chi connectivity index (χ1v) is 15.4. The van der Waals surface area contributed by atoms with Crippen molar-refractivity contribution in [3.8, 4) is 11.4 Å². The Morgan fingerprint density at radius 3 is 2.54 bits per heavy atom. The molecule has 3 rings (SSSR count). The number of fused-ring (bicyclic) bond motifs is 1. The second kappa shape index (κ2) is 13.6. The lowest BCUT2D eigenvalue weighted by Crippen LogP contribution is -2.25. The maximum absolute atomic E-state index is 14.2. The average Bonchev–Trinajstić information content (AvgIpc) is 3.11. The van der Waals surface area contributed by atoms with Crippen molar-refractivity contribution in [2.24, 2.45) is 5.92 Å². The highest BCUT2D eigenvalue weighted by molar-refractivity contribution is 14.2. The molecular formula is C23H30F2IN5O2S2. The minimum absolute atomic E-state index is 0.0373. The molecule has 0 atom stereocenters. The van der Waals surface area contributed by atoms with Gasteiger partial charge in [0.15, 0.2) is 23.1 Å². The number of rotatable bonds is 8. The fourth-order valence-electron chi connectivity index (χ4n) is 2.67. The van der Waals surface area contributed by atoms with E-state index in [1.165, 1.54) is 26.9 Å². The molecule has 3 aromatic heterocycles. The highest BCUT2D eigenvalue weighted by Crippen LogP contribution is 2.33. The van der Waals surface area contributed by atoms with E-state index < -0.39 is 17.2 Å². The SMILES string of the molecule is CC(C)(C)OC(=O)CSCCNc1nc(-c2cn(SI)c3ncc(F)cc23)ncc1F.CC(C)C. The Labute approximate surface area is 225 Å². The monoisotopic (exact) mass is 637 g/mol. The van der Waals surface area contributed by atoms with Crippen molar-refractivity contribution in [2.75, 3.05) is 23.4 Å². The largest absolute Gasteiger partial charge is 0.459 e. The summed E-state index contributed by atoms with van der Waals surface area (Å²) < 4.78 is 35.0. The third-order valence-corrected chi connectivity index (χ3v) is 6.45. The molecule has 0 bridgehead atoms. The molecule has 0 aliphatic carbocycles. The maximum atomic E-state index is 14.2. The van der Waals surface area contributed by atoms with Gasteiger partial charge in [0.25, 0.3) is 0 Å². The van der Waals surface area contributed by atoms with Crippen molar-refractivity contribution in [1.29, 1.82) is 0 Å². The van der Waals surface area contributed by atoms with Crippen LogP contribution in [-0.2, 0) is 9.53 Å². The minimum atomic E-state index is -0.600. The number of aromatic nitrogens is 4. The predicted octanol–water partition coefficient (Wildman–Crippen LogP) is 6.77. The summed E-state index contributed by atoms with van der Waals surface area (Å²) in [6.45, 7) is 12.3. The van der Waals surface area contributed by atoms with Crippen LogP contribution in [0.2, 0.25) is 0 Å². The van der Waals surface area contributed by atoms with E-state index in [0.29, 0.717) is 28.9 Å². The highest BCUT2D eigenvalue weighted by Gasteiger charge is 2.18. The van der Waals surface area contributed by atoms with Crippen molar-refractivity contribution in [1.82, 2.24) is 18.9 Å². The van der Waals surface area contributed by atoms with Gasteiger partial charge in [0.05, 0.1) is 18.1 Å². The number of anilines is 1. The Balaban J connectivity index is 0.00000100. The predicted molar refractivity (Wildman–Crippen MR) is 150 cm³/mol. The third kappa shape index (κ3) is 9.71. The van der Waals surface area contributed by atoms with Crippen LogP contribution < -0.4 is 5.32 Å². The molecule has 35 heavy (non-hydrogen) atoms. The first kappa shape index (κ1) is 29.6. The molecular weight excluding hydrogens is 607 g/mol. The van der Waals surface area contributed by atoms with Crippen LogP contribution in [0.3, 0.4) is 0 Å². The number of hydrogen-bond acceptors (Lipinski definition) is 8. The number of carbonyl (C=O) groups excluding carboxylic acids is 1. The van der Waals surface area contributed by atoms with Crippen LogP contribution in [0.25, 0.3) is 22.4 Å². The summed E-state index contributed by atoms with van der Waals surface area (Å²) in [5.41, 5.74) is 0.596. The first-order chi connectivity index (χ1) is 16.4. The fraction of sp³-hybridized carbons (Fsp3) is 0.478. The minimum Gasteiger partial charge on any atom is -0.459 e. The van der Waals surface area contributed by atoms with Gasteiger partial charge in [0.2, 0.25) is 0 Å². The Kier molecular flexibility index (Phi) is 11.5. The van der Waals surface area contributed by atoms with Crippen molar-refractivity contribution < 1.29 is 18.3 Å². The van der Waals surface area contributed by atoms with Gasteiger partial charge in [-0.25, -0.2) is 23.7 Å². The summed E-state index contributed by atoms with van der Waals surface area (Å²) in [5.74, 6) is 0.519. The zero-order valence-corrected chi connectivity index (χ0v) is 24.4. The lowest BCUT2D eigenvalue weighted by atomic mass is 10.2. The average molecular weight is 638 g/mol. The molecule has 0 aromatic carbocycles. The zero-order valence-electron chi connectivity index (χ0n) is 20.6. The van der Waals surface area contributed by atoms with E-state index in [4.69, 9.17) is 4.74 Å². The summed E-state index contributed by atoms with van der Waals surface area (Å²) in [4.78, 5) is 24.2. The molecule has 3 aromatic rings. The summed E-state index contributed by atoms with van der Waals surface area (Å²) >= 11 is 3.47. The first-order valence-electron chi connectivity index (χ1n) is 10.9. The van der Waals surface area contributed by atoms with Gasteiger partial charge in [-0.2, -0.15) is 0 Å². The molecule has 0 saturated heterocycles. The van der Waals surface area contributed by atoms with Crippen molar-refractivity contribution in [3.63, 3.8) is 0 Å². The van der Waals surface area contributed by atoms with E-state index in [-0.39, 0.29) is 23.4 Å². The van der Waals surface area contributed by atoms with Gasteiger partial charge in [-0.3, -0.25) is 8.77 Å². The molecule has 0 aliphatic rings. The number of carbonyl (C=O) groups is 1. The van der Waals surface area contributed by atoms with Crippen molar-refractivity contribution in [2.45, 2.75) is 47.1 Å². The number of ether oxygens (including phenoxy) is 1. The van der Waals surface area contributed by atoms with E-state index in [1.807, 2.05) is 20.8 Å². The molecule has 0 fully saturated rings. The maximum Gasteiger partial charge on any atom is 0.316 e. The van der Waals surface area contributed by atoms with Crippen LogP contribution in [0.15, 0.2) is 24.7 Å². The van der Waals surface area contributed by atoms with Gasteiger partial charge in [0, 0.05) is 59.8 Å². The summed E-state index contributed by atoms with van der Waals surface area (Å²) in [7, 11) is 1.37. The van der Waals surface area contributed by atoms with E-state index in [2.05, 4.69) is 62.2 Å². The van der Waals surface area contributed by atoms with Crippen LogP contribution in [0.4, 0.5) is 14.6 Å². The zero-order chi connectivity index (χ0) is 26.2. The molecule has 12 heteroatoms. The Morgan fingerprint density at radius 2 is 1.91 bits per heavy atom. The molecule has 192 valence electrons. The molecule has 0 amide bonds. The van der Waals surface area contributed by atoms with E-state index in [1.54, 1.807) is 10.2 Å². The molecule has 0 radical (unpaired) electrons. The number of halogens is 3. The normalized spacial score (nSPS) is 11.4. The molecule has 0 saturated carbocycles. The molecule has 7 nitrogen and oxygen atoms in total. The summed E-state index contributed by atoms with van der Waals surface area (Å²) in [6.07, 6.45) is 3.95. The Morgan fingerprint density at radius 1 is 1.23 bits per heavy atom. The summed E-state index contributed by atoms with van der Waals surface area (Å²) in [5, 5.41) is 3.46. The number of nitrogens with one attached hydrogen (secondary N) is 1. The second-order valence-corrected chi connectivity index (χ2v) is 12.0. The molecule has 0 aliphatic heterocycles. The smallest absolute Gasteiger partial charge is 0.316 e. The number of nitrogens with zero attached hydrogens (tertiary/aromatic N) is 4. The number of pyridine rings is 1. The molecule has 0 unspecified atom stereocenters. The standard InChI is InChI=1S/C19H20F2IN5O2S2.C4H10/c1-19(2,3)29-15(28)10-30-5-4-23-17-14(21)8-24-16(26-17)13-9-27(31-22)18-12(13)6-11(20)7-25-18;1-4(2)3/h6-9H,4-5,10H2,1-3H3,(H,23,24,26);4H,1-3H3. The van der Waals surface area contributed by atoms with E-state index in [9.17, 15) is 13.6 Å². The second-order valence-electron chi connectivity index (χ2n) is 9.15. The van der Waals surface area contributed by atoms with Crippen LogP contribution in [-0.4, -0.2) is 48.5 Å². The molecule has 0 spiro atoms. The van der Waals surface area contributed by atoms with E-state index in [0.717, 1.165) is 18.3 Å². The summed E-state index contributed by atoms with van der Waals surface area (Å²) in [6, 6.07) is 1.36. The number of esters is 1. The number of hydrogen-bond donors (Lipinski definition) is 1. The van der Waals surface area contributed by atoms with Gasteiger partial charge in [-0.05, 0) is 32.8 Å². The lowest BCUT2D eigenvalue weighted by Gasteiger charge is -2.19. The molecule has 3 heterocycles. The van der Waals surface area contributed by atoms with Crippen molar-refractivity contribution >= 4 is 64.9 Å². The van der Waals surface area contributed by atoms with Gasteiger partial charge >= 0.3 is 5.97 Å². The van der Waals surface area contributed by atoms with E-state index >= 15 is 0 Å². The van der Waals surface area contributed by atoms with Crippen LogP contribution >= 0.6 is 42.1 Å². The lowest BCUT2D eigenvalue weighted by molar-refractivity contribution is -0.151. The van der Waals surface area contributed by atoms with Gasteiger partial charge in [-0.15, -0.1) is 11.8 Å². The van der Waals surface area contributed by atoms with Crippen LogP contribution in [0.5, 0.6) is 0 Å². The van der Waals surface area contributed by atoms with Gasteiger partial charge < -0.3 is 10.1 Å². The quantitative estimate of drug-likeness (QED) is 0.165. The Hall–Kier alpha value is -1.67. The van der Waals surface area contributed by atoms with Gasteiger partial charge in [-0.1, -0.05) is 20.8 Å². The third-order valence-electron chi connectivity index (χ3n) is 3.82.